The van der Waals surface area contributed by atoms with Gasteiger partial charge in [0.1, 0.15) is 5.76 Å². The van der Waals surface area contributed by atoms with Crippen molar-refractivity contribution in [3.8, 4) is 0 Å². The minimum Gasteiger partial charge on any atom is -0.444 e. The van der Waals surface area contributed by atoms with Crippen LogP contribution in [0, 0.1) is 13.8 Å². The molecule has 1 aliphatic rings. The first kappa shape index (κ1) is 11.8. The Morgan fingerprint density at radius 1 is 1.47 bits per heavy atom. The van der Waals surface area contributed by atoms with Gasteiger partial charge >= 0.3 is 0 Å². The number of carbonyl (C=O) groups is 2. The van der Waals surface area contributed by atoms with Gasteiger partial charge < -0.3 is 4.42 Å². The van der Waals surface area contributed by atoms with Crippen LogP contribution in [0.2, 0.25) is 0 Å². The van der Waals surface area contributed by atoms with E-state index in [0.29, 0.717) is 12.4 Å². The summed E-state index contributed by atoms with van der Waals surface area (Å²) in [6.45, 7) is 4.05. The maximum Gasteiger partial charge on any atom is 0.246 e. The fourth-order valence-corrected chi connectivity index (χ4v) is 1.74. The third-order valence-corrected chi connectivity index (χ3v) is 2.95. The first-order valence-electron chi connectivity index (χ1n) is 5.45. The quantitative estimate of drug-likeness (QED) is 0.757. The van der Waals surface area contributed by atoms with Gasteiger partial charge in [-0.05, 0) is 13.8 Å². The van der Waals surface area contributed by atoms with Crippen LogP contribution in [0.3, 0.4) is 0 Å². The summed E-state index contributed by atoms with van der Waals surface area (Å²) in [4.78, 5) is 28.2. The molecular weight excluding hydrogens is 222 g/mol. The van der Waals surface area contributed by atoms with E-state index in [1.807, 2.05) is 13.8 Å². The van der Waals surface area contributed by atoms with Gasteiger partial charge in [-0.3, -0.25) is 19.8 Å². The van der Waals surface area contributed by atoms with Crippen molar-refractivity contribution >= 4 is 11.8 Å². The van der Waals surface area contributed by atoms with Crippen LogP contribution in [0.1, 0.15) is 23.8 Å². The monoisotopic (exact) mass is 237 g/mol. The number of nitrogens with zero attached hydrogens (tertiary/aromatic N) is 2. The number of carbonyl (C=O) groups excluding carboxylic acids is 2. The maximum absolute atomic E-state index is 11.6. The largest absolute Gasteiger partial charge is 0.444 e. The Labute approximate surface area is 99.0 Å². The van der Waals surface area contributed by atoms with Crippen LogP contribution in [0.25, 0.3) is 0 Å². The number of aromatic nitrogens is 1. The van der Waals surface area contributed by atoms with Gasteiger partial charge in [-0.2, -0.15) is 0 Å². The van der Waals surface area contributed by atoms with Gasteiger partial charge in [0.25, 0.3) is 0 Å². The Morgan fingerprint density at radius 2 is 2.18 bits per heavy atom. The lowest BCUT2D eigenvalue weighted by atomic mass is 10.2. The number of hydrogen-bond acceptors (Lipinski definition) is 5. The number of amides is 2. The summed E-state index contributed by atoms with van der Waals surface area (Å²) in [6, 6.07) is -0.458. The molecule has 0 aromatic carbocycles. The summed E-state index contributed by atoms with van der Waals surface area (Å²) >= 11 is 0. The SMILES string of the molecule is Cc1nc(CNC2CC(=O)N(C)C2=O)oc1C. The van der Waals surface area contributed by atoms with E-state index in [0.717, 1.165) is 16.4 Å². The number of likely N-dealkylation sites (N-methyl/N-ethyl adjacent to an activating group) is 1. The minimum atomic E-state index is -0.458. The van der Waals surface area contributed by atoms with Crippen molar-refractivity contribution in [2.24, 2.45) is 0 Å². The first-order valence-corrected chi connectivity index (χ1v) is 5.45. The highest BCUT2D eigenvalue weighted by atomic mass is 16.4. The van der Waals surface area contributed by atoms with Gasteiger partial charge in [0.2, 0.25) is 17.7 Å². The van der Waals surface area contributed by atoms with Gasteiger partial charge in [0.15, 0.2) is 0 Å². The van der Waals surface area contributed by atoms with E-state index in [2.05, 4.69) is 10.3 Å². The van der Waals surface area contributed by atoms with E-state index in [9.17, 15) is 9.59 Å². The standard InChI is InChI=1S/C11H15N3O3/c1-6-7(2)17-9(13-6)5-12-8-4-10(15)14(3)11(8)16/h8,12H,4-5H2,1-3H3. The molecule has 0 bridgehead atoms. The third kappa shape index (κ3) is 2.21. The molecule has 1 aromatic heterocycles. The predicted octanol–water partition coefficient (Wildman–Crippen LogP) is 0.138. The predicted molar refractivity (Wildman–Crippen MR) is 59.0 cm³/mol. The second kappa shape index (κ2) is 4.29. The maximum atomic E-state index is 11.6. The van der Waals surface area contributed by atoms with Crippen molar-refractivity contribution in [1.29, 1.82) is 0 Å². The average Bonchev–Trinajstić information content (AvgIpc) is 2.72. The molecule has 0 spiro atoms. The second-order valence-corrected chi connectivity index (χ2v) is 4.18. The van der Waals surface area contributed by atoms with Crippen molar-refractivity contribution < 1.29 is 14.0 Å². The molecule has 1 fully saturated rings. The molecule has 1 N–H and O–H groups in total. The van der Waals surface area contributed by atoms with Gasteiger partial charge in [-0.15, -0.1) is 0 Å². The van der Waals surface area contributed by atoms with Crippen molar-refractivity contribution in [3.63, 3.8) is 0 Å². The van der Waals surface area contributed by atoms with Crippen LogP contribution in [0.4, 0.5) is 0 Å². The van der Waals surface area contributed by atoms with Crippen molar-refractivity contribution in [3.05, 3.63) is 17.3 Å². The molecule has 6 nitrogen and oxygen atoms in total. The number of hydrogen-bond donors (Lipinski definition) is 1. The lowest BCUT2D eigenvalue weighted by Gasteiger charge is -2.08. The molecule has 17 heavy (non-hydrogen) atoms. The van der Waals surface area contributed by atoms with Crippen LogP contribution < -0.4 is 5.32 Å². The number of rotatable bonds is 3. The lowest BCUT2D eigenvalue weighted by molar-refractivity contribution is -0.137. The van der Waals surface area contributed by atoms with Crippen LogP contribution in [-0.2, 0) is 16.1 Å². The number of likely N-dealkylation sites (tertiary alicyclic amines) is 1. The highest BCUT2D eigenvalue weighted by Crippen LogP contribution is 2.12. The van der Waals surface area contributed by atoms with Gasteiger partial charge in [0.05, 0.1) is 24.7 Å². The number of nitrogens with one attached hydrogen (secondary N) is 1. The minimum absolute atomic E-state index is 0.160. The van der Waals surface area contributed by atoms with E-state index in [1.54, 1.807) is 0 Å². The van der Waals surface area contributed by atoms with Crippen LogP contribution >= 0.6 is 0 Å². The van der Waals surface area contributed by atoms with Crippen LogP contribution in [0.5, 0.6) is 0 Å². The highest BCUT2D eigenvalue weighted by Gasteiger charge is 2.35. The van der Waals surface area contributed by atoms with E-state index in [-0.39, 0.29) is 18.2 Å². The van der Waals surface area contributed by atoms with Crippen LogP contribution in [-0.4, -0.2) is 34.8 Å². The van der Waals surface area contributed by atoms with Gasteiger partial charge in [-0.1, -0.05) is 0 Å². The topological polar surface area (TPSA) is 75.4 Å². The van der Waals surface area contributed by atoms with Gasteiger partial charge in [-0.25, -0.2) is 4.98 Å². The van der Waals surface area contributed by atoms with E-state index < -0.39 is 6.04 Å². The van der Waals surface area contributed by atoms with E-state index in [4.69, 9.17) is 4.42 Å². The molecule has 6 heteroatoms. The fourth-order valence-electron chi connectivity index (χ4n) is 1.74. The molecule has 0 saturated carbocycles. The Morgan fingerprint density at radius 3 is 2.65 bits per heavy atom. The molecule has 1 unspecified atom stereocenters. The van der Waals surface area contributed by atoms with Gasteiger partial charge in [0, 0.05) is 7.05 Å². The number of oxazole rings is 1. The van der Waals surface area contributed by atoms with Crippen molar-refractivity contribution in [2.45, 2.75) is 32.9 Å². The molecule has 0 radical (unpaired) electrons. The second-order valence-electron chi connectivity index (χ2n) is 4.18. The third-order valence-electron chi connectivity index (χ3n) is 2.95. The van der Waals surface area contributed by atoms with E-state index >= 15 is 0 Å². The number of aryl methyl sites for hydroxylation is 2. The summed E-state index contributed by atoms with van der Waals surface area (Å²) in [5.74, 6) is 0.949. The molecule has 1 aliphatic heterocycles. The molecule has 1 saturated heterocycles. The molecule has 92 valence electrons. The smallest absolute Gasteiger partial charge is 0.246 e. The Kier molecular flexibility index (Phi) is 2.97. The molecule has 1 aromatic rings. The molecule has 2 rings (SSSR count). The summed E-state index contributed by atoms with van der Waals surface area (Å²) in [7, 11) is 1.49. The average molecular weight is 237 g/mol. The zero-order valence-electron chi connectivity index (χ0n) is 10.1. The summed E-state index contributed by atoms with van der Waals surface area (Å²) < 4.78 is 5.38. The molecule has 1 atom stereocenters. The van der Waals surface area contributed by atoms with Crippen LogP contribution in [0.15, 0.2) is 4.42 Å². The zero-order chi connectivity index (χ0) is 12.6. The van der Waals surface area contributed by atoms with Crippen molar-refractivity contribution in [2.75, 3.05) is 7.05 Å². The molecule has 2 amide bonds. The lowest BCUT2D eigenvalue weighted by Crippen LogP contribution is -2.36. The zero-order valence-corrected chi connectivity index (χ0v) is 10.1. The fraction of sp³-hybridized carbons (Fsp3) is 0.545. The summed E-state index contributed by atoms with van der Waals surface area (Å²) in [5, 5.41) is 2.98. The molecule has 2 heterocycles. The number of imide groups is 1. The Balaban J connectivity index is 1.95. The normalized spacial score (nSPS) is 20.4. The van der Waals surface area contributed by atoms with Crippen molar-refractivity contribution in [1.82, 2.24) is 15.2 Å². The molecular formula is C11H15N3O3. The Bertz CT molecular complexity index is 447. The molecule has 0 aliphatic carbocycles. The van der Waals surface area contributed by atoms with E-state index in [1.165, 1.54) is 7.05 Å². The highest BCUT2D eigenvalue weighted by molar-refractivity contribution is 6.05. The summed E-state index contributed by atoms with van der Waals surface area (Å²) in [5.41, 5.74) is 0.841. The Hall–Kier alpha value is -1.69. The summed E-state index contributed by atoms with van der Waals surface area (Å²) in [6.07, 6.45) is 0.202. The first-order chi connectivity index (χ1) is 7.99.